The van der Waals surface area contributed by atoms with E-state index in [-0.39, 0.29) is 5.97 Å². The third kappa shape index (κ3) is 1.93. The van der Waals surface area contributed by atoms with Crippen LogP contribution >= 0.6 is 11.6 Å². The number of ether oxygens (including phenoxy) is 2. The molecular weight excluding hydrogens is 252 g/mol. The maximum absolute atomic E-state index is 11.6. The normalized spacial score (nSPS) is 17.2. The molecule has 2 aromatic carbocycles. The van der Waals surface area contributed by atoms with Crippen molar-refractivity contribution >= 4 is 17.6 Å². The molecule has 0 aliphatic carbocycles. The zero-order valence-electron chi connectivity index (χ0n) is 9.30. The van der Waals surface area contributed by atoms with Gasteiger partial charge in [0.25, 0.3) is 6.29 Å². The molecule has 1 aliphatic rings. The molecule has 0 saturated heterocycles. The summed E-state index contributed by atoms with van der Waals surface area (Å²) < 4.78 is 10.8. The molecule has 4 heteroatoms. The largest absolute Gasteiger partial charge is 0.450 e. The van der Waals surface area contributed by atoms with E-state index < -0.39 is 6.29 Å². The lowest BCUT2D eigenvalue weighted by Gasteiger charge is -2.13. The van der Waals surface area contributed by atoms with Crippen LogP contribution in [-0.2, 0) is 4.74 Å². The van der Waals surface area contributed by atoms with Crippen molar-refractivity contribution in [3.63, 3.8) is 0 Å². The minimum absolute atomic E-state index is 0.357. The quantitative estimate of drug-likeness (QED) is 0.774. The molecule has 3 rings (SSSR count). The van der Waals surface area contributed by atoms with Gasteiger partial charge in [0.05, 0.1) is 5.56 Å². The van der Waals surface area contributed by atoms with Crippen LogP contribution in [0.3, 0.4) is 0 Å². The van der Waals surface area contributed by atoms with Crippen molar-refractivity contribution in [2.75, 3.05) is 0 Å². The predicted molar refractivity (Wildman–Crippen MR) is 66.7 cm³/mol. The second-order valence-electron chi connectivity index (χ2n) is 3.90. The van der Waals surface area contributed by atoms with Gasteiger partial charge in [-0.15, -0.1) is 0 Å². The molecule has 0 bridgehead atoms. The van der Waals surface area contributed by atoms with Gasteiger partial charge in [0.15, 0.2) is 0 Å². The number of fused-ring (bicyclic) bond motifs is 1. The zero-order valence-corrected chi connectivity index (χ0v) is 10.1. The lowest BCUT2D eigenvalue weighted by molar-refractivity contribution is -0.0381. The van der Waals surface area contributed by atoms with Gasteiger partial charge >= 0.3 is 5.97 Å². The minimum Gasteiger partial charge on any atom is -0.450 e. The molecule has 18 heavy (non-hydrogen) atoms. The first-order valence-electron chi connectivity index (χ1n) is 5.46. The molecule has 0 saturated carbocycles. The first-order chi connectivity index (χ1) is 8.74. The summed E-state index contributed by atoms with van der Waals surface area (Å²) in [5, 5.41) is 0.631. The fourth-order valence-corrected chi connectivity index (χ4v) is 1.96. The summed E-state index contributed by atoms with van der Waals surface area (Å²) >= 11 is 5.79. The topological polar surface area (TPSA) is 35.5 Å². The van der Waals surface area contributed by atoms with Crippen molar-refractivity contribution in [3.05, 3.63) is 64.7 Å². The van der Waals surface area contributed by atoms with Gasteiger partial charge in [-0.1, -0.05) is 29.8 Å². The first kappa shape index (κ1) is 11.1. The van der Waals surface area contributed by atoms with Gasteiger partial charge in [0, 0.05) is 10.6 Å². The fraction of sp³-hybridized carbons (Fsp3) is 0.0714. The van der Waals surface area contributed by atoms with Crippen LogP contribution in [-0.4, -0.2) is 5.97 Å². The molecule has 0 aromatic heterocycles. The molecule has 0 radical (unpaired) electrons. The minimum atomic E-state index is -0.685. The SMILES string of the molecule is O=C1OC(Oc2ccc(Cl)cc2)c2ccccc21. The standard InChI is InChI=1S/C14H9ClO3/c15-9-5-7-10(8-6-9)17-14-12-4-2-1-3-11(12)13(16)18-14/h1-8,14H. The van der Waals surface area contributed by atoms with Crippen LogP contribution in [0.5, 0.6) is 5.75 Å². The number of rotatable bonds is 2. The molecule has 3 nitrogen and oxygen atoms in total. The van der Waals surface area contributed by atoms with Crippen LogP contribution in [0, 0.1) is 0 Å². The average molecular weight is 261 g/mol. The molecule has 0 fully saturated rings. The second kappa shape index (κ2) is 4.35. The molecule has 2 aromatic rings. The Morgan fingerprint density at radius 2 is 1.78 bits per heavy atom. The smallest absolute Gasteiger partial charge is 0.342 e. The van der Waals surface area contributed by atoms with Gasteiger partial charge in [-0.25, -0.2) is 4.79 Å². The van der Waals surface area contributed by atoms with Crippen LogP contribution in [0.25, 0.3) is 0 Å². The molecule has 90 valence electrons. The predicted octanol–water partition coefficient (Wildman–Crippen LogP) is 3.59. The van der Waals surface area contributed by atoms with Gasteiger partial charge in [-0.05, 0) is 30.3 Å². The molecule has 0 N–H and O–H groups in total. The molecular formula is C14H9ClO3. The molecule has 0 spiro atoms. The van der Waals surface area contributed by atoms with E-state index in [0.717, 1.165) is 5.56 Å². The average Bonchev–Trinajstić information content (AvgIpc) is 2.70. The summed E-state index contributed by atoms with van der Waals surface area (Å²) in [7, 11) is 0. The van der Waals surface area contributed by atoms with E-state index in [1.165, 1.54) is 0 Å². The van der Waals surface area contributed by atoms with Gasteiger partial charge in [-0.2, -0.15) is 0 Å². The number of hydrogen-bond donors (Lipinski definition) is 0. The highest BCUT2D eigenvalue weighted by molar-refractivity contribution is 6.30. The molecule has 0 amide bonds. The van der Waals surface area contributed by atoms with Crippen LogP contribution in [0.2, 0.25) is 5.02 Å². The number of cyclic esters (lactones) is 1. The van der Waals surface area contributed by atoms with E-state index in [2.05, 4.69) is 0 Å². The second-order valence-corrected chi connectivity index (χ2v) is 4.33. The Morgan fingerprint density at radius 1 is 1.06 bits per heavy atom. The fourth-order valence-electron chi connectivity index (χ4n) is 1.84. The highest BCUT2D eigenvalue weighted by Gasteiger charge is 2.31. The summed E-state index contributed by atoms with van der Waals surface area (Å²) in [6.07, 6.45) is -0.685. The lowest BCUT2D eigenvalue weighted by atomic mass is 10.1. The maximum atomic E-state index is 11.6. The Labute approximate surface area is 109 Å². The Morgan fingerprint density at radius 3 is 2.56 bits per heavy atom. The van der Waals surface area contributed by atoms with E-state index in [4.69, 9.17) is 21.1 Å². The van der Waals surface area contributed by atoms with E-state index in [1.54, 1.807) is 36.4 Å². The number of esters is 1. The van der Waals surface area contributed by atoms with Crippen LogP contribution in [0.4, 0.5) is 0 Å². The van der Waals surface area contributed by atoms with Crippen molar-refractivity contribution in [1.29, 1.82) is 0 Å². The Hall–Kier alpha value is -2.00. The Bertz CT molecular complexity index is 592. The van der Waals surface area contributed by atoms with E-state index in [1.807, 2.05) is 12.1 Å². The highest BCUT2D eigenvalue weighted by atomic mass is 35.5. The van der Waals surface area contributed by atoms with Gasteiger partial charge < -0.3 is 9.47 Å². The van der Waals surface area contributed by atoms with Crippen molar-refractivity contribution < 1.29 is 14.3 Å². The van der Waals surface area contributed by atoms with Crippen LogP contribution in [0.15, 0.2) is 48.5 Å². The van der Waals surface area contributed by atoms with Crippen molar-refractivity contribution in [2.24, 2.45) is 0 Å². The highest BCUT2D eigenvalue weighted by Crippen LogP contribution is 2.32. The van der Waals surface area contributed by atoms with Crippen molar-refractivity contribution in [1.82, 2.24) is 0 Å². The summed E-state index contributed by atoms with van der Waals surface area (Å²) in [6, 6.07) is 14.1. The number of benzene rings is 2. The Balaban J connectivity index is 1.87. The monoisotopic (exact) mass is 260 g/mol. The van der Waals surface area contributed by atoms with Gasteiger partial charge in [0.1, 0.15) is 5.75 Å². The maximum Gasteiger partial charge on any atom is 0.342 e. The molecule has 1 aliphatic heterocycles. The van der Waals surface area contributed by atoms with Crippen LogP contribution < -0.4 is 4.74 Å². The Kier molecular flexibility index (Phi) is 2.68. The number of hydrogen-bond acceptors (Lipinski definition) is 3. The summed E-state index contributed by atoms with van der Waals surface area (Å²) in [4.78, 5) is 11.6. The van der Waals surface area contributed by atoms with E-state index >= 15 is 0 Å². The summed E-state index contributed by atoms with van der Waals surface area (Å²) in [5.41, 5.74) is 1.30. The first-order valence-corrected chi connectivity index (χ1v) is 5.84. The van der Waals surface area contributed by atoms with Gasteiger partial charge in [0.2, 0.25) is 0 Å². The molecule has 1 atom stereocenters. The molecule has 1 heterocycles. The lowest BCUT2D eigenvalue weighted by Crippen LogP contribution is -2.06. The van der Waals surface area contributed by atoms with E-state index in [9.17, 15) is 4.79 Å². The number of carbonyl (C=O) groups excluding carboxylic acids is 1. The zero-order chi connectivity index (χ0) is 12.5. The van der Waals surface area contributed by atoms with Gasteiger partial charge in [-0.3, -0.25) is 0 Å². The summed E-state index contributed by atoms with van der Waals surface area (Å²) in [5.74, 6) is 0.249. The van der Waals surface area contributed by atoms with Crippen molar-refractivity contribution in [3.8, 4) is 5.75 Å². The van der Waals surface area contributed by atoms with Crippen molar-refractivity contribution in [2.45, 2.75) is 6.29 Å². The van der Waals surface area contributed by atoms with E-state index in [0.29, 0.717) is 16.3 Å². The third-order valence-electron chi connectivity index (χ3n) is 2.71. The third-order valence-corrected chi connectivity index (χ3v) is 2.96. The summed E-state index contributed by atoms with van der Waals surface area (Å²) in [6.45, 7) is 0. The van der Waals surface area contributed by atoms with Crippen LogP contribution in [0.1, 0.15) is 22.2 Å². The number of carbonyl (C=O) groups is 1. The molecule has 1 unspecified atom stereocenters. The number of halogens is 1.